The summed E-state index contributed by atoms with van der Waals surface area (Å²) in [5.41, 5.74) is 0.390. The van der Waals surface area contributed by atoms with Crippen LogP contribution in [0.25, 0.3) is 0 Å². The molecule has 0 aliphatic carbocycles. The van der Waals surface area contributed by atoms with E-state index >= 15 is 0 Å². The molecule has 136 valence electrons. The fraction of sp³-hybridized carbons (Fsp3) is 0.474. The van der Waals surface area contributed by atoms with E-state index in [2.05, 4.69) is 28.7 Å². The van der Waals surface area contributed by atoms with E-state index in [1.165, 1.54) is 6.07 Å². The maximum absolute atomic E-state index is 14.0. The molecule has 0 bridgehead atoms. The molecule has 6 heteroatoms. The Morgan fingerprint density at radius 2 is 2.04 bits per heavy atom. The largest absolute Gasteiger partial charge is 0.354 e. The van der Waals surface area contributed by atoms with Gasteiger partial charge in [0.2, 0.25) is 5.91 Å². The minimum absolute atomic E-state index is 0.190. The van der Waals surface area contributed by atoms with Gasteiger partial charge in [-0.15, -0.1) is 0 Å². The number of halogens is 1. The molecule has 1 heterocycles. The lowest BCUT2D eigenvalue weighted by atomic mass is 10.0. The molecule has 2 rings (SSSR count). The van der Waals surface area contributed by atoms with Gasteiger partial charge < -0.3 is 9.88 Å². The average molecular weight is 346 g/mol. The lowest BCUT2D eigenvalue weighted by Gasteiger charge is -2.24. The van der Waals surface area contributed by atoms with Crippen molar-refractivity contribution in [1.82, 2.24) is 19.8 Å². The highest BCUT2D eigenvalue weighted by molar-refractivity contribution is 5.83. The standard InChI is InChI=1S/C19H27FN4O/c1-14(2)18-21-11-13-24(18)12-7-10-22-19(25)17(23(3)4)15-8-5-6-9-16(15)20/h5-6,8-9,11,13-14,17H,7,10,12H2,1-4H3,(H,22,25)/t17-/m0/s1. The van der Waals surface area contributed by atoms with Crippen LogP contribution in [0.2, 0.25) is 0 Å². The molecule has 0 spiro atoms. The van der Waals surface area contributed by atoms with Gasteiger partial charge in [-0.1, -0.05) is 32.0 Å². The summed E-state index contributed by atoms with van der Waals surface area (Å²) in [5, 5.41) is 2.92. The normalized spacial score (nSPS) is 12.6. The van der Waals surface area contributed by atoms with Crippen LogP contribution >= 0.6 is 0 Å². The Hall–Kier alpha value is -2.21. The molecule has 1 atom stereocenters. The summed E-state index contributed by atoms with van der Waals surface area (Å²) in [6.45, 7) is 5.54. The number of nitrogens with zero attached hydrogens (tertiary/aromatic N) is 3. The molecule has 1 N–H and O–H groups in total. The van der Waals surface area contributed by atoms with Gasteiger partial charge in [-0.2, -0.15) is 0 Å². The lowest BCUT2D eigenvalue weighted by molar-refractivity contribution is -0.125. The summed E-state index contributed by atoms with van der Waals surface area (Å²) >= 11 is 0. The van der Waals surface area contributed by atoms with Crippen LogP contribution in [0.3, 0.4) is 0 Å². The zero-order valence-electron chi connectivity index (χ0n) is 15.4. The number of carbonyl (C=O) groups excluding carboxylic acids is 1. The molecule has 0 saturated carbocycles. The topological polar surface area (TPSA) is 50.2 Å². The van der Waals surface area contributed by atoms with E-state index in [0.29, 0.717) is 18.0 Å². The number of likely N-dealkylation sites (N-methyl/N-ethyl adjacent to an activating group) is 1. The number of nitrogens with one attached hydrogen (secondary N) is 1. The van der Waals surface area contributed by atoms with E-state index < -0.39 is 6.04 Å². The molecule has 2 aromatic rings. The first-order valence-electron chi connectivity index (χ1n) is 8.61. The summed E-state index contributed by atoms with van der Waals surface area (Å²) in [6.07, 6.45) is 4.55. The van der Waals surface area contributed by atoms with Gasteiger partial charge in [0, 0.05) is 37.0 Å². The number of benzene rings is 1. The third kappa shape index (κ3) is 4.89. The van der Waals surface area contributed by atoms with Gasteiger partial charge in [-0.05, 0) is 26.6 Å². The third-order valence-electron chi connectivity index (χ3n) is 4.10. The predicted molar refractivity (Wildman–Crippen MR) is 96.8 cm³/mol. The van der Waals surface area contributed by atoms with Crippen LogP contribution < -0.4 is 5.32 Å². The van der Waals surface area contributed by atoms with Crippen LogP contribution in [-0.4, -0.2) is 41.0 Å². The highest BCUT2D eigenvalue weighted by Crippen LogP contribution is 2.21. The second-order valence-electron chi connectivity index (χ2n) is 6.67. The van der Waals surface area contributed by atoms with Crippen LogP contribution in [0.5, 0.6) is 0 Å². The van der Waals surface area contributed by atoms with Gasteiger partial charge in [0.15, 0.2) is 0 Å². The Labute approximate surface area is 148 Å². The van der Waals surface area contributed by atoms with Gasteiger partial charge in [-0.25, -0.2) is 9.37 Å². The van der Waals surface area contributed by atoms with Crippen molar-refractivity contribution in [2.45, 2.75) is 38.8 Å². The fourth-order valence-corrected chi connectivity index (χ4v) is 2.92. The molecule has 1 amide bonds. The van der Waals surface area contributed by atoms with Crippen molar-refractivity contribution < 1.29 is 9.18 Å². The minimum Gasteiger partial charge on any atom is -0.354 e. The van der Waals surface area contributed by atoms with Gasteiger partial charge in [0.05, 0.1) is 0 Å². The number of amides is 1. The molecule has 1 aromatic heterocycles. The maximum atomic E-state index is 14.0. The highest BCUT2D eigenvalue weighted by Gasteiger charge is 2.25. The van der Waals surface area contributed by atoms with E-state index in [0.717, 1.165) is 18.8 Å². The van der Waals surface area contributed by atoms with Crippen LogP contribution in [0.15, 0.2) is 36.7 Å². The maximum Gasteiger partial charge on any atom is 0.242 e. The Morgan fingerprint density at radius 3 is 2.68 bits per heavy atom. The molecular weight excluding hydrogens is 319 g/mol. The number of hydrogen-bond acceptors (Lipinski definition) is 3. The Kier molecular flexibility index (Phi) is 6.70. The number of hydrogen-bond donors (Lipinski definition) is 1. The second kappa shape index (κ2) is 8.76. The third-order valence-corrected chi connectivity index (χ3v) is 4.10. The molecule has 0 unspecified atom stereocenters. The van der Waals surface area contributed by atoms with Gasteiger partial charge in [-0.3, -0.25) is 9.69 Å². The van der Waals surface area contributed by atoms with Crippen LogP contribution in [-0.2, 0) is 11.3 Å². The van der Waals surface area contributed by atoms with Crippen LogP contribution in [0.1, 0.15) is 43.6 Å². The molecular formula is C19H27FN4O. The second-order valence-corrected chi connectivity index (χ2v) is 6.67. The van der Waals surface area contributed by atoms with E-state index in [1.807, 2.05) is 6.20 Å². The zero-order valence-corrected chi connectivity index (χ0v) is 15.4. The van der Waals surface area contributed by atoms with Crippen molar-refractivity contribution in [2.24, 2.45) is 0 Å². The monoisotopic (exact) mass is 346 g/mol. The summed E-state index contributed by atoms with van der Waals surface area (Å²) < 4.78 is 16.1. The molecule has 0 aliphatic heterocycles. The van der Waals surface area contributed by atoms with Crippen molar-refractivity contribution in [3.8, 4) is 0 Å². The number of carbonyl (C=O) groups is 1. The Balaban J connectivity index is 1.92. The summed E-state index contributed by atoms with van der Waals surface area (Å²) in [6, 6.07) is 5.77. The smallest absolute Gasteiger partial charge is 0.242 e. The predicted octanol–water partition coefficient (Wildman–Crippen LogP) is 2.95. The summed E-state index contributed by atoms with van der Waals surface area (Å²) in [5.74, 6) is 0.855. The van der Waals surface area contributed by atoms with E-state index in [-0.39, 0.29) is 11.7 Å². The Morgan fingerprint density at radius 1 is 1.32 bits per heavy atom. The van der Waals surface area contributed by atoms with E-state index in [4.69, 9.17) is 0 Å². The van der Waals surface area contributed by atoms with Crippen molar-refractivity contribution in [1.29, 1.82) is 0 Å². The molecule has 0 aliphatic rings. The number of aromatic nitrogens is 2. The fourth-order valence-electron chi connectivity index (χ4n) is 2.92. The van der Waals surface area contributed by atoms with E-state index in [1.54, 1.807) is 43.4 Å². The van der Waals surface area contributed by atoms with Gasteiger partial charge in [0.25, 0.3) is 0 Å². The molecule has 0 fully saturated rings. The quantitative estimate of drug-likeness (QED) is 0.748. The van der Waals surface area contributed by atoms with Crippen molar-refractivity contribution >= 4 is 5.91 Å². The first-order valence-corrected chi connectivity index (χ1v) is 8.61. The summed E-state index contributed by atoms with van der Waals surface area (Å²) in [7, 11) is 3.55. The number of aryl methyl sites for hydroxylation is 1. The molecule has 1 aromatic carbocycles. The molecule has 5 nitrogen and oxygen atoms in total. The first kappa shape index (κ1) is 19.1. The van der Waals surface area contributed by atoms with Crippen molar-refractivity contribution in [3.05, 3.63) is 53.9 Å². The zero-order chi connectivity index (χ0) is 18.4. The molecule has 25 heavy (non-hydrogen) atoms. The minimum atomic E-state index is -0.638. The SMILES string of the molecule is CC(C)c1nccn1CCCNC(=O)[C@H](c1ccccc1F)N(C)C. The molecule has 0 saturated heterocycles. The highest BCUT2D eigenvalue weighted by atomic mass is 19.1. The van der Waals surface area contributed by atoms with Crippen LogP contribution in [0, 0.1) is 5.82 Å². The van der Waals surface area contributed by atoms with Crippen LogP contribution in [0.4, 0.5) is 4.39 Å². The summed E-state index contributed by atoms with van der Waals surface area (Å²) in [4.78, 5) is 18.6. The lowest BCUT2D eigenvalue weighted by Crippen LogP contribution is -2.38. The number of imidazole rings is 1. The van der Waals surface area contributed by atoms with E-state index in [9.17, 15) is 9.18 Å². The molecule has 0 radical (unpaired) electrons. The van der Waals surface area contributed by atoms with Gasteiger partial charge in [0.1, 0.15) is 17.7 Å². The van der Waals surface area contributed by atoms with Crippen molar-refractivity contribution in [3.63, 3.8) is 0 Å². The average Bonchev–Trinajstić information content (AvgIpc) is 3.02. The van der Waals surface area contributed by atoms with Crippen molar-refractivity contribution in [2.75, 3.05) is 20.6 Å². The number of rotatable bonds is 8. The Bertz CT molecular complexity index is 696. The van der Waals surface area contributed by atoms with Gasteiger partial charge >= 0.3 is 0 Å². The first-order chi connectivity index (χ1) is 11.9.